The average Bonchev–Trinajstić information content (AvgIpc) is 3.19. The van der Waals surface area contributed by atoms with Gasteiger partial charge >= 0.3 is 5.97 Å². The van der Waals surface area contributed by atoms with E-state index in [0.29, 0.717) is 15.8 Å². The first kappa shape index (κ1) is 17.7. The van der Waals surface area contributed by atoms with Crippen molar-refractivity contribution in [3.8, 4) is 16.3 Å². The molecule has 10 heteroatoms. The molecule has 0 aliphatic rings. The Morgan fingerprint density at radius 1 is 1.40 bits per heavy atom. The predicted octanol–water partition coefficient (Wildman–Crippen LogP) is 4.22. The molecule has 0 spiro atoms. The maximum absolute atomic E-state index is 11.1. The fraction of sp³-hybridized carbons (Fsp3) is 0.200. The Morgan fingerprint density at radius 3 is 2.88 bits per heavy atom. The van der Waals surface area contributed by atoms with Gasteiger partial charge in [-0.2, -0.15) is 5.21 Å². The second-order valence-electron chi connectivity index (χ2n) is 5.19. The monoisotopic (exact) mass is 396 g/mol. The van der Waals surface area contributed by atoms with Crippen LogP contribution < -0.4 is 4.74 Å². The van der Waals surface area contributed by atoms with Crippen LogP contribution in [0.4, 0.5) is 0 Å². The molecule has 2 N–H and O–H groups in total. The quantitative estimate of drug-likeness (QED) is 0.643. The highest BCUT2D eigenvalue weighted by molar-refractivity contribution is 7.99. The Bertz CT molecular complexity index is 910. The van der Waals surface area contributed by atoms with Gasteiger partial charge in [0, 0.05) is 10.9 Å². The molecular weight excluding hydrogens is 384 g/mol. The fourth-order valence-corrected chi connectivity index (χ4v) is 3.90. The molecular formula is C15H13ClN4O3S2. The van der Waals surface area contributed by atoms with E-state index in [0.717, 1.165) is 22.3 Å². The average molecular weight is 397 g/mol. The zero-order chi connectivity index (χ0) is 18.0. The second-order valence-corrected chi connectivity index (χ2v) is 7.46. The molecule has 2 aromatic heterocycles. The number of nitrogens with zero attached hydrogens (tertiary/aromatic N) is 3. The number of carboxylic acids is 1. The van der Waals surface area contributed by atoms with E-state index in [-0.39, 0.29) is 16.8 Å². The van der Waals surface area contributed by atoms with Crippen molar-refractivity contribution in [2.75, 3.05) is 0 Å². The van der Waals surface area contributed by atoms with Crippen molar-refractivity contribution in [2.24, 2.45) is 0 Å². The van der Waals surface area contributed by atoms with Gasteiger partial charge in [-0.15, -0.1) is 21.5 Å². The van der Waals surface area contributed by atoms with Gasteiger partial charge < -0.3 is 9.84 Å². The number of aromatic carboxylic acids is 1. The van der Waals surface area contributed by atoms with Gasteiger partial charge in [-0.05, 0) is 43.8 Å². The molecule has 3 aromatic rings. The first-order valence-electron chi connectivity index (χ1n) is 7.18. The third-order valence-corrected chi connectivity index (χ3v) is 5.18. The molecule has 0 amide bonds. The highest BCUT2D eigenvalue weighted by atomic mass is 35.5. The molecule has 0 aliphatic carbocycles. The van der Waals surface area contributed by atoms with Gasteiger partial charge in [0.2, 0.25) is 5.69 Å². The lowest BCUT2D eigenvalue weighted by molar-refractivity contribution is 0.0686. The number of benzene rings is 1. The van der Waals surface area contributed by atoms with E-state index in [4.69, 9.17) is 21.4 Å². The van der Waals surface area contributed by atoms with Gasteiger partial charge in [-0.3, -0.25) is 0 Å². The first-order valence-corrected chi connectivity index (χ1v) is 9.25. The van der Waals surface area contributed by atoms with Crippen LogP contribution in [-0.2, 0) is 0 Å². The Morgan fingerprint density at radius 2 is 2.20 bits per heavy atom. The molecule has 0 saturated carbocycles. The molecule has 0 aliphatic heterocycles. The molecule has 2 heterocycles. The van der Waals surface area contributed by atoms with E-state index < -0.39 is 5.97 Å². The van der Waals surface area contributed by atoms with Crippen LogP contribution in [0, 0.1) is 0 Å². The van der Waals surface area contributed by atoms with Gasteiger partial charge in [-0.1, -0.05) is 11.6 Å². The van der Waals surface area contributed by atoms with Crippen molar-refractivity contribution in [1.29, 1.82) is 0 Å². The van der Waals surface area contributed by atoms with Gasteiger partial charge in [-0.25, -0.2) is 9.78 Å². The molecule has 130 valence electrons. The van der Waals surface area contributed by atoms with Gasteiger partial charge in [0.05, 0.1) is 11.1 Å². The van der Waals surface area contributed by atoms with Crippen molar-refractivity contribution in [2.45, 2.75) is 30.0 Å². The number of carbonyl (C=O) groups is 1. The second kappa shape index (κ2) is 7.42. The van der Waals surface area contributed by atoms with Crippen LogP contribution in [0.5, 0.6) is 5.75 Å². The normalized spacial score (nSPS) is 11.0. The summed E-state index contributed by atoms with van der Waals surface area (Å²) in [4.78, 5) is 15.6. The summed E-state index contributed by atoms with van der Waals surface area (Å²) in [5.41, 5.74) is 0.731. The number of ether oxygens (including phenoxy) is 1. The van der Waals surface area contributed by atoms with E-state index in [1.165, 1.54) is 11.3 Å². The van der Waals surface area contributed by atoms with Crippen LogP contribution >= 0.6 is 34.7 Å². The third-order valence-electron chi connectivity index (χ3n) is 2.94. The maximum Gasteiger partial charge on any atom is 0.359 e. The van der Waals surface area contributed by atoms with Crippen molar-refractivity contribution in [3.63, 3.8) is 0 Å². The van der Waals surface area contributed by atoms with Gasteiger partial charge in [0.1, 0.15) is 15.8 Å². The van der Waals surface area contributed by atoms with Crippen molar-refractivity contribution in [3.05, 3.63) is 34.3 Å². The summed E-state index contributed by atoms with van der Waals surface area (Å²) in [5.74, 6) is -0.514. The SMILES string of the molecule is CC(C)Oc1ccc(-c2nc(Sc3n[nH]nc3C(=O)O)cs2)cc1Cl. The number of hydrogen-bond donors (Lipinski definition) is 2. The van der Waals surface area contributed by atoms with Crippen LogP contribution in [0.15, 0.2) is 33.6 Å². The molecule has 0 atom stereocenters. The lowest BCUT2D eigenvalue weighted by Crippen LogP contribution is -2.05. The van der Waals surface area contributed by atoms with E-state index in [1.54, 1.807) is 6.07 Å². The van der Waals surface area contributed by atoms with Crippen molar-refractivity contribution >= 4 is 40.7 Å². The zero-order valence-corrected chi connectivity index (χ0v) is 15.6. The number of halogens is 1. The predicted molar refractivity (Wildman–Crippen MR) is 95.8 cm³/mol. The highest BCUT2D eigenvalue weighted by Gasteiger charge is 2.18. The molecule has 1 aromatic carbocycles. The molecule has 0 fully saturated rings. The van der Waals surface area contributed by atoms with E-state index in [1.807, 2.05) is 31.4 Å². The summed E-state index contributed by atoms with van der Waals surface area (Å²) < 4.78 is 5.62. The Kier molecular flexibility index (Phi) is 5.26. The van der Waals surface area contributed by atoms with Gasteiger partial charge in [0.25, 0.3) is 0 Å². The van der Waals surface area contributed by atoms with Crippen LogP contribution in [0.2, 0.25) is 5.02 Å². The standard InChI is InChI=1S/C15H13ClN4O3S2/c1-7(2)23-10-4-3-8(5-9(10)16)13-17-11(6-24-13)25-14-12(15(21)22)18-20-19-14/h3-7H,1-2H3,(H,21,22)(H,18,19,20). The summed E-state index contributed by atoms with van der Waals surface area (Å²) in [6.07, 6.45) is 0.0390. The minimum absolute atomic E-state index is 0.0390. The zero-order valence-electron chi connectivity index (χ0n) is 13.2. The topological polar surface area (TPSA) is 101 Å². The maximum atomic E-state index is 11.1. The number of hydrogen-bond acceptors (Lipinski definition) is 7. The number of carboxylic acid groups (broad SMARTS) is 1. The number of thiazole rings is 1. The third kappa shape index (κ3) is 4.12. The molecule has 0 unspecified atom stereocenters. The van der Waals surface area contributed by atoms with Crippen LogP contribution in [-0.4, -0.2) is 37.6 Å². The summed E-state index contributed by atoms with van der Waals surface area (Å²) in [6, 6.07) is 5.49. The number of H-pyrrole nitrogens is 1. The first-order chi connectivity index (χ1) is 11.9. The molecule has 0 bridgehead atoms. The molecule has 3 rings (SSSR count). The number of aromatic amines is 1. The summed E-state index contributed by atoms with van der Waals surface area (Å²) >= 11 is 8.83. The molecule has 0 saturated heterocycles. The summed E-state index contributed by atoms with van der Waals surface area (Å²) in [6.45, 7) is 3.87. The largest absolute Gasteiger partial charge is 0.489 e. The minimum atomic E-state index is -1.14. The van der Waals surface area contributed by atoms with E-state index >= 15 is 0 Å². The lowest BCUT2D eigenvalue weighted by Gasteiger charge is -2.11. The highest BCUT2D eigenvalue weighted by Crippen LogP contribution is 2.35. The summed E-state index contributed by atoms with van der Waals surface area (Å²) in [5, 5.41) is 22.8. The Hall–Kier alpha value is -2.10. The number of nitrogens with one attached hydrogen (secondary N) is 1. The lowest BCUT2D eigenvalue weighted by atomic mass is 10.2. The Labute approximate surface area is 156 Å². The van der Waals surface area contributed by atoms with Crippen molar-refractivity contribution in [1.82, 2.24) is 20.4 Å². The molecule has 0 radical (unpaired) electrons. The number of rotatable bonds is 6. The number of aromatic nitrogens is 4. The minimum Gasteiger partial charge on any atom is -0.489 e. The van der Waals surface area contributed by atoms with Crippen LogP contribution in [0.1, 0.15) is 24.3 Å². The van der Waals surface area contributed by atoms with E-state index in [9.17, 15) is 4.79 Å². The summed E-state index contributed by atoms with van der Waals surface area (Å²) in [7, 11) is 0. The molecule has 25 heavy (non-hydrogen) atoms. The fourth-order valence-electron chi connectivity index (χ4n) is 1.95. The van der Waals surface area contributed by atoms with Crippen LogP contribution in [0.25, 0.3) is 10.6 Å². The van der Waals surface area contributed by atoms with E-state index in [2.05, 4.69) is 20.4 Å². The smallest absolute Gasteiger partial charge is 0.359 e. The van der Waals surface area contributed by atoms with Gasteiger partial charge in [0.15, 0.2) is 5.03 Å². The van der Waals surface area contributed by atoms with Crippen LogP contribution in [0.3, 0.4) is 0 Å². The molecule has 7 nitrogen and oxygen atoms in total. The van der Waals surface area contributed by atoms with Crippen molar-refractivity contribution < 1.29 is 14.6 Å². The Balaban J connectivity index is 1.80.